The topological polar surface area (TPSA) is 24.9 Å². The molecule has 1 N–H and O–H groups in total. The second kappa shape index (κ2) is 6.37. The Bertz CT molecular complexity index is 727. The molecule has 0 bridgehead atoms. The first-order chi connectivity index (χ1) is 10.3. The van der Waals surface area contributed by atoms with Crippen LogP contribution < -0.4 is 5.32 Å². The summed E-state index contributed by atoms with van der Waals surface area (Å²) in [6, 6.07) is 15.4. The highest BCUT2D eigenvalue weighted by atomic mass is 32.1. The fraction of sp³-hybridized carbons (Fsp3) is 0.278. The number of hydrogen-bond acceptors (Lipinski definition) is 3. The van der Waals surface area contributed by atoms with E-state index in [1.54, 1.807) is 0 Å². The molecule has 2 aromatic heterocycles. The van der Waals surface area contributed by atoms with Crippen molar-refractivity contribution in [1.82, 2.24) is 10.3 Å². The molecule has 0 aliphatic rings. The van der Waals surface area contributed by atoms with Gasteiger partial charge in [0.05, 0.1) is 5.52 Å². The zero-order chi connectivity index (χ0) is 14.7. The molecule has 3 rings (SSSR count). The van der Waals surface area contributed by atoms with Crippen LogP contribution in [0.2, 0.25) is 0 Å². The summed E-state index contributed by atoms with van der Waals surface area (Å²) in [6.07, 6.45) is 4.23. The molecule has 2 heterocycles. The van der Waals surface area contributed by atoms with Crippen molar-refractivity contribution in [1.29, 1.82) is 0 Å². The lowest BCUT2D eigenvalue weighted by Crippen LogP contribution is -2.14. The van der Waals surface area contributed by atoms with Crippen LogP contribution in [-0.2, 0) is 0 Å². The lowest BCUT2D eigenvalue weighted by atomic mass is 10.1. The van der Waals surface area contributed by atoms with Gasteiger partial charge in [-0.1, -0.05) is 37.6 Å². The molecule has 1 aromatic carbocycles. The van der Waals surface area contributed by atoms with Gasteiger partial charge in [0, 0.05) is 32.9 Å². The van der Waals surface area contributed by atoms with Gasteiger partial charge < -0.3 is 5.32 Å². The fourth-order valence-corrected chi connectivity index (χ4v) is 3.88. The Balaban J connectivity index is 2.02. The van der Waals surface area contributed by atoms with E-state index < -0.39 is 0 Å². The second-order valence-electron chi connectivity index (χ2n) is 5.21. The predicted molar refractivity (Wildman–Crippen MR) is 91.8 cm³/mol. The van der Waals surface area contributed by atoms with Gasteiger partial charge in [-0.05, 0) is 31.7 Å². The third-order valence-corrected chi connectivity index (χ3v) is 5.03. The largest absolute Gasteiger partial charge is 0.312 e. The third-order valence-electron chi connectivity index (χ3n) is 3.79. The van der Waals surface area contributed by atoms with Crippen LogP contribution in [0.4, 0.5) is 0 Å². The Morgan fingerprint density at radius 3 is 2.81 bits per heavy atom. The molecular formula is C18H20N2S. The third kappa shape index (κ3) is 2.85. The number of rotatable bonds is 5. The smallest absolute Gasteiger partial charge is 0.0788 e. The maximum atomic E-state index is 4.56. The molecule has 0 aliphatic carbocycles. The molecule has 3 aromatic rings. The summed E-state index contributed by atoms with van der Waals surface area (Å²) in [5.41, 5.74) is 2.32. The van der Waals surface area contributed by atoms with E-state index >= 15 is 0 Å². The first-order valence-corrected chi connectivity index (χ1v) is 8.26. The molecule has 1 unspecified atom stereocenters. The van der Waals surface area contributed by atoms with Gasteiger partial charge in [-0.2, -0.15) is 0 Å². The normalized spacial score (nSPS) is 12.7. The number of nitrogens with zero attached hydrogens (tertiary/aromatic N) is 1. The van der Waals surface area contributed by atoms with Crippen molar-refractivity contribution in [2.75, 3.05) is 7.05 Å². The first kappa shape index (κ1) is 14.2. The van der Waals surface area contributed by atoms with Crippen LogP contribution in [0.5, 0.6) is 0 Å². The minimum atomic E-state index is 0.455. The second-order valence-corrected chi connectivity index (χ2v) is 6.33. The van der Waals surface area contributed by atoms with Gasteiger partial charge in [0.1, 0.15) is 0 Å². The van der Waals surface area contributed by atoms with E-state index in [0.717, 1.165) is 5.52 Å². The minimum Gasteiger partial charge on any atom is -0.312 e. The molecule has 0 radical (unpaired) electrons. The van der Waals surface area contributed by atoms with E-state index in [-0.39, 0.29) is 0 Å². The summed E-state index contributed by atoms with van der Waals surface area (Å²) in [4.78, 5) is 7.26. The van der Waals surface area contributed by atoms with Gasteiger partial charge in [-0.25, -0.2) is 0 Å². The molecule has 0 spiro atoms. The summed E-state index contributed by atoms with van der Waals surface area (Å²) in [5, 5.41) is 4.61. The zero-order valence-corrected chi connectivity index (χ0v) is 13.3. The van der Waals surface area contributed by atoms with Crippen LogP contribution in [0, 0.1) is 0 Å². The van der Waals surface area contributed by atoms with Crippen LogP contribution in [0.25, 0.3) is 21.3 Å². The van der Waals surface area contributed by atoms with Crippen LogP contribution in [0.1, 0.15) is 30.7 Å². The van der Waals surface area contributed by atoms with Crippen LogP contribution in [-0.4, -0.2) is 12.0 Å². The molecule has 0 fully saturated rings. The van der Waals surface area contributed by atoms with Crippen LogP contribution in [0.15, 0.2) is 48.7 Å². The molecule has 1 atom stereocenters. The predicted octanol–water partition coefficient (Wildman–Crippen LogP) is 5.02. The minimum absolute atomic E-state index is 0.455. The molecule has 0 amide bonds. The monoisotopic (exact) mass is 296 g/mol. The number of pyridine rings is 1. The summed E-state index contributed by atoms with van der Waals surface area (Å²) in [6.45, 7) is 2.23. The quantitative estimate of drug-likeness (QED) is 0.714. The maximum Gasteiger partial charge on any atom is 0.0788 e. The van der Waals surface area contributed by atoms with Crippen molar-refractivity contribution in [2.24, 2.45) is 0 Å². The number of fused-ring (bicyclic) bond motifs is 1. The lowest BCUT2D eigenvalue weighted by Gasteiger charge is -2.12. The van der Waals surface area contributed by atoms with Gasteiger partial charge in [-0.3, -0.25) is 4.98 Å². The van der Waals surface area contributed by atoms with Crippen molar-refractivity contribution in [3.63, 3.8) is 0 Å². The zero-order valence-electron chi connectivity index (χ0n) is 12.5. The SMILES string of the molecule is CCCC(NC)c1ccc(-c2cccc3cccnc23)s1. The molecule has 0 saturated heterocycles. The molecule has 0 saturated carbocycles. The number of benzene rings is 1. The van der Waals surface area contributed by atoms with Crippen molar-refractivity contribution < 1.29 is 0 Å². The lowest BCUT2D eigenvalue weighted by molar-refractivity contribution is 0.550. The standard InChI is InChI=1S/C18H20N2S/c1-3-6-15(19-2)17-11-10-16(21-17)14-9-4-7-13-8-5-12-20-18(13)14/h4-5,7-12,15,19H,3,6H2,1-2H3. The number of hydrogen-bond donors (Lipinski definition) is 1. The van der Waals surface area contributed by atoms with Crippen LogP contribution >= 0.6 is 11.3 Å². The highest BCUT2D eigenvalue weighted by Crippen LogP contribution is 2.35. The van der Waals surface area contributed by atoms with E-state index in [2.05, 4.69) is 53.6 Å². The van der Waals surface area contributed by atoms with E-state index in [4.69, 9.17) is 0 Å². The molecule has 3 heteroatoms. The number of aromatic nitrogens is 1. The van der Waals surface area contributed by atoms with Crippen LogP contribution in [0.3, 0.4) is 0 Å². The number of thiophene rings is 1. The van der Waals surface area contributed by atoms with Crippen molar-refractivity contribution in [3.05, 3.63) is 53.5 Å². The first-order valence-electron chi connectivity index (χ1n) is 7.44. The molecule has 21 heavy (non-hydrogen) atoms. The Kier molecular flexibility index (Phi) is 4.32. The van der Waals surface area contributed by atoms with Gasteiger partial charge in [0.2, 0.25) is 0 Å². The van der Waals surface area contributed by atoms with E-state index in [9.17, 15) is 0 Å². The van der Waals surface area contributed by atoms with Gasteiger partial charge in [0.15, 0.2) is 0 Å². The van der Waals surface area contributed by atoms with Crippen molar-refractivity contribution in [2.45, 2.75) is 25.8 Å². The average Bonchev–Trinajstić information content (AvgIpc) is 3.01. The summed E-state index contributed by atoms with van der Waals surface area (Å²) in [7, 11) is 2.04. The highest BCUT2D eigenvalue weighted by molar-refractivity contribution is 7.15. The van der Waals surface area contributed by atoms with Crippen molar-refractivity contribution in [3.8, 4) is 10.4 Å². The number of para-hydroxylation sites is 1. The Hall–Kier alpha value is -1.71. The molecule has 2 nitrogen and oxygen atoms in total. The van der Waals surface area contributed by atoms with Crippen molar-refractivity contribution >= 4 is 22.2 Å². The summed E-state index contributed by atoms with van der Waals surface area (Å²) < 4.78 is 0. The Labute approximate surface area is 129 Å². The molecular weight excluding hydrogens is 276 g/mol. The summed E-state index contributed by atoms with van der Waals surface area (Å²) >= 11 is 1.87. The van der Waals surface area contributed by atoms with Gasteiger partial charge in [0.25, 0.3) is 0 Å². The molecule has 0 aliphatic heterocycles. The van der Waals surface area contributed by atoms with Gasteiger partial charge in [-0.15, -0.1) is 11.3 Å². The average molecular weight is 296 g/mol. The summed E-state index contributed by atoms with van der Waals surface area (Å²) in [5.74, 6) is 0. The highest BCUT2D eigenvalue weighted by Gasteiger charge is 2.13. The molecule has 108 valence electrons. The van der Waals surface area contributed by atoms with E-state index in [1.807, 2.05) is 30.6 Å². The van der Waals surface area contributed by atoms with E-state index in [0.29, 0.717) is 6.04 Å². The Morgan fingerprint density at radius 1 is 1.14 bits per heavy atom. The van der Waals surface area contributed by atoms with E-state index in [1.165, 1.54) is 33.5 Å². The maximum absolute atomic E-state index is 4.56. The van der Waals surface area contributed by atoms with Gasteiger partial charge >= 0.3 is 0 Å². The Morgan fingerprint density at radius 2 is 2.00 bits per heavy atom. The fourth-order valence-electron chi connectivity index (χ4n) is 2.71. The number of nitrogens with one attached hydrogen (secondary N) is 1.